The van der Waals surface area contributed by atoms with Crippen LogP contribution in [-0.2, 0) is 4.79 Å². The van der Waals surface area contributed by atoms with Gasteiger partial charge in [0.15, 0.2) is 0 Å². The fourth-order valence-electron chi connectivity index (χ4n) is 2.20. The molecule has 1 aromatic rings. The molecular weight excluding hydrogens is 252 g/mol. The van der Waals surface area contributed by atoms with Crippen molar-refractivity contribution < 1.29 is 9.90 Å². The lowest BCUT2D eigenvalue weighted by atomic mass is 9.96. The van der Waals surface area contributed by atoms with Crippen LogP contribution in [0, 0.1) is 0 Å². The van der Waals surface area contributed by atoms with Crippen molar-refractivity contribution in [2.45, 2.75) is 25.4 Å². The van der Waals surface area contributed by atoms with Gasteiger partial charge in [0.1, 0.15) is 6.04 Å². The summed E-state index contributed by atoms with van der Waals surface area (Å²) in [5.74, 6) is -0.115. The highest BCUT2D eigenvalue weighted by atomic mass is 35.5. The van der Waals surface area contributed by atoms with Gasteiger partial charge in [-0.2, -0.15) is 0 Å². The standard InChI is InChI=1S/C13H17ClN2O2/c1-13(2)8-15-11(7-17)12(18)16(13)10-5-3-9(14)4-6-10/h3-6,11,15,17H,7-8H2,1-2H3. The van der Waals surface area contributed by atoms with Crippen LogP contribution in [0.1, 0.15) is 13.8 Å². The molecule has 1 heterocycles. The molecule has 1 fully saturated rings. The highest BCUT2D eigenvalue weighted by Gasteiger charge is 2.40. The van der Waals surface area contributed by atoms with E-state index < -0.39 is 6.04 Å². The maximum absolute atomic E-state index is 12.3. The molecule has 5 heteroatoms. The average Bonchev–Trinajstić information content (AvgIpc) is 2.31. The second-order valence-electron chi connectivity index (χ2n) is 5.08. The molecular formula is C13H17ClN2O2. The zero-order valence-corrected chi connectivity index (χ0v) is 11.2. The Kier molecular flexibility index (Phi) is 3.61. The molecule has 0 aliphatic carbocycles. The van der Waals surface area contributed by atoms with Gasteiger partial charge in [0.25, 0.3) is 0 Å². The summed E-state index contributed by atoms with van der Waals surface area (Å²) in [7, 11) is 0. The smallest absolute Gasteiger partial charge is 0.247 e. The number of rotatable bonds is 2. The SMILES string of the molecule is CC1(C)CNC(CO)C(=O)N1c1ccc(Cl)cc1. The van der Waals surface area contributed by atoms with Gasteiger partial charge in [0.2, 0.25) is 5.91 Å². The van der Waals surface area contributed by atoms with Gasteiger partial charge < -0.3 is 15.3 Å². The molecule has 1 atom stereocenters. The van der Waals surface area contributed by atoms with E-state index in [4.69, 9.17) is 11.6 Å². The van der Waals surface area contributed by atoms with Crippen molar-refractivity contribution >= 4 is 23.2 Å². The van der Waals surface area contributed by atoms with Crippen molar-refractivity contribution in [1.82, 2.24) is 5.32 Å². The first-order valence-corrected chi connectivity index (χ1v) is 6.27. The Hall–Kier alpha value is -1.10. The third-order valence-corrected chi connectivity index (χ3v) is 3.42. The Bertz CT molecular complexity index is 445. The molecule has 1 amide bonds. The van der Waals surface area contributed by atoms with Crippen LogP contribution in [0.2, 0.25) is 5.02 Å². The monoisotopic (exact) mass is 268 g/mol. The van der Waals surface area contributed by atoms with E-state index in [1.54, 1.807) is 17.0 Å². The molecule has 1 saturated heterocycles. The van der Waals surface area contributed by atoms with Gasteiger partial charge in [0, 0.05) is 17.3 Å². The van der Waals surface area contributed by atoms with Gasteiger partial charge in [-0.1, -0.05) is 11.6 Å². The van der Waals surface area contributed by atoms with Gasteiger partial charge in [0.05, 0.1) is 12.1 Å². The number of anilines is 1. The lowest BCUT2D eigenvalue weighted by Gasteiger charge is -2.45. The number of hydrogen-bond donors (Lipinski definition) is 2. The van der Waals surface area contributed by atoms with Crippen LogP contribution in [0.3, 0.4) is 0 Å². The average molecular weight is 269 g/mol. The van der Waals surface area contributed by atoms with Gasteiger partial charge in [-0.15, -0.1) is 0 Å². The summed E-state index contributed by atoms with van der Waals surface area (Å²) in [5.41, 5.74) is 0.464. The number of halogens is 1. The fraction of sp³-hybridized carbons (Fsp3) is 0.462. The zero-order chi connectivity index (χ0) is 13.3. The van der Waals surface area contributed by atoms with E-state index in [1.165, 1.54) is 0 Å². The Balaban J connectivity index is 2.37. The van der Waals surface area contributed by atoms with Crippen LogP contribution in [0.4, 0.5) is 5.69 Å². The number of benzene rings is 1. The molecule has 0 saturated carbocycles. The molecule has 2 rings (SSSR count). The number of aliphatic hydroxyl groups is 1. The Labute approximate surface area is 112 Å². The number of amides is 1. The van der Waals surface area contributed by atoms with E-state index in [9.17, 15) is 9.90 Å². The molecule has 0 aromatic heterocycles. The summed E-state index contributed by atoms with van der Waals surface area (Å²) in [5, 5.41) is 12.9. The number of carbonyl (C=O) groups excluding carboxylic acids is 1. The molecule has 1 aromatic carbocycles. The van der Waals surface area contributed by atoms with Gasteiger partial charge in [-0.3, -0.25) is 4.79 Å². The Morgan fingerprint density at radius 3 is 2.61 bits per heavy atom. The van der Waals surface area contributed by atoms with E-state index in [-0.39, 0.29) is 18.1 Å². The normalized spacial score (nSPS) is 23.2. The second-order valence-corrected chi connectivity index (χ2v) is 5.51. The predicted octanol–water partition coefficient (Wildman–Crippen LogP) is 1.42. The zero-order valence-electron chi connectivity index (χ0n) is 10.5. The Morgan fingerprint density at radius 2 is 2.06 bits per heavy atom. The minimum Gasteiger partial charge on any atom is -0.394 e. The van der Waals surface area contributed by atoms with E-state index in [0.29, 0.717) is 11.6 Å². The lowest BCUT2D eigenvalue weighted by Crippen LogP contribution is -2.66. The first-order valence-electron chi connectivity index (χ1n) is 5.89. The summed E-state index contributed by atoms with van der Waals surface area (Å²) in [6.45, 7) is 4.41. The third kappa shape index (κ3) is 2.36. The van der Waals surface area contributed by atoms with Gasteiger partial charge >= 0.3 is 0 Å². The van der Waals surface area contributed by atoms with Crippen molar-refractivity contribution in [2.75, 3.05) is 18.1 Å². The van der Waals surface area contributed by atoms with Crippen molar-refractivity contribution in [1.29, 1.82) is 0 Å². The largest absolute Gasteiger partial charge is 0.394 e. The molecule has 98 valence electrons. The summed E-state index contributed by atoms with van der Waals surface area (Å²) >= 11 is 5.86. The third-order valence-electron chi connectivity index (χ3n) is 3.17. The lowest BCUT2D eigenvalue weighted by molar-refractivity contribution is -0.124. The topological polar surface area (TPSA) is 52.6 Å². The molecule has 4 nitrogen and oxygen atoms in total. The van der Waals surface area contributed by atoms with E-state index in [2.05, 4.69) is 5.32 Å². The van der Waals surface area contributed by atoms with Crippen LogP contribution in [-0.4, -0.2) is 35.7 Å². The van der Waals surface area contributed by atoms with E-state index >= 15 is 0 Å². The minimum atomic E-state index is -0.534. The molecule has 2 N–H and O–H groups in total. The van der Waals surface area contributed by atoms with Crippen molar-refractivity contribution in [3.05, 3.63) is 29.3 Å². The van der Waals surface area contributed by atoms with E-state index in [1.807, 2.05) is 26.0 Å². The number of aliphatic hydroxyl groups excluding tert-OH is 1. The van der Waals surface area contributed by atoms with Crippen LogP contribution in [0.15, 0.2) is 24.3 Å². The van der Waals surface area contributed by atoms with Crippen LogP contribution < -0.4 is 10.2 Å². The Morgan fingerprint density at radius 1 is 1.44 bits per heavy atom. The van der Waals surface area contributed by atoms with Crippen LogP contribution in [0.5, 0.6) is 0 Å². The minimum absolute atomic E-state index is 0.115. The molecule has 0 bridgehead atoms. The molecule has 0 radical (unpaired) electrons. The predicted molar refractivity (Wildman–Crippen MR) is 71.9 cm³/mol. The second kappa shape index (κ2) is 4.88. The van der Waals surface area contributed by atoms with E-state index in [0.717, 1.165) is 5.69 Å². The fourth-order valence-corrected chi connectivity index (χ4v) is 2.33. The molecule has 1 aliphatic heterocycles. The summed E-state index contributed by atoms with van der Waals surface area (Å²) < 4.78 is 0. The summed E-state index contributed by atoms with van der Waals surface area (Å²) in [6, 6.07) is 6.63. The van der Waals surface area contributed by atoms with Crippen molar-refractivity contribution in [2.24, 2.45) is 0 Å². The van der Waals surface area contributed by atoms with Crippen molar-refractivity contribution in [3.63, 3.8) is 0 Å². The molecule has 18 heavy (non-hydrogen) atoms. The number of carbonyl (C=O) groups is 1. The quantitative estimate of drug-likeness (QED) is 0.853. The number of piperazine rings is 1. The highest BCUT2D eigenvalue weighted by Crippen LogP contribution is 2.28. The first-order chi connectivity index (χ1) is 8.45. The molecule has 0 spiro atoms. The molecule has 1 unspecified atom stereocenters. The summed E-state index contributed by atoms with van der Waals surface area (Å²) in [6.07, 6.45) is 0. The maximum atomic E-state index is 12.3. The number of nitrogens with zero attached hydrogens (tertiary/aromatic N) is 1. The maximum Gasteiger partial charge on any atom is 0.247 e. The van der Waals surface area contributed by atoms with Crippen LogP contribution >= 0.6 is 11.6 Å². The first kappa shape index (κ1) is 13.3. The summed E-state index contributed by atoms with van der Waals surface area (Å²) in [4.78, 5) is 14.1. The van der Waals surface area contributed by atoms with Gasteiger partial charge in [-0.05, 0) is 38.1 Å². The number of hydrogen-bond acceptors (Lipinski definition) is 3. The van der Waals surface area contributed by atoms with Crippen LogP contribution in [0.25, 0.3) is 0 Å². The van der Waals surface area contributed by atoms with Gasteiger partial charge in [-0.25, -0.2) is 0 Å². The van der Waals surface area contributed by atoms with Crippen molar-refractivity contribution in [3.8, 4) is 0 Å². The number of nitrogens with one attached hydrogen (secondary N) is 1. The highest BCUT2D eigenvalue weighted by molar-refractivity contribution is 6.30. The molecule has 1 aliphatic rings.